The fraction of sp³-hybridized carbons (Fsp3) is 0.250. The Balaban J connectivity index is 1.82. The van der Waals surface area contributed by atoms with Crippen LogP contribution in [0.2, 0.25) is 0 Å². The molecule has 2 N–H and O–H groups in total. The first kappa shape index (κ1) is 20.1. The standard InChI is InChI=1S/C24H22O6/c1-15-3-7-17(8-4-15)19-11-23(21(25)26,29-13-19)24(22(27)28)12-20(14-30-24)18-9-5-16(2)6-10-18/h3-12H,13-14H2,1-2H3,(H,25,26)(H,27,28). The Morgan fingerprint density at radius 3 is 1.33 bits per heavy atom. The molecule has 2 aliphatic heterocycles. The van der Waals surface area contributed by atoms with Gasteiger partial charge in [0, 0.05) is 0 Å². The van der Waals surface area contributed by atoms with Crippen LogP contribution in [0.1, 0.15) is 22.3 Å². The van der Waals surface area contributed by atoms with E-state index >= 15 is 0 Å². The Kier molecular flexibility index (Phi) is 4.84. The van der Waals surface area contributed by atoms with Crippen molar-refractivity contribution in [3.8, 4) is 0 Å². The van der Waals surface area contributed by atoms with E-state index in [4.69, 9.17) is 9.47 Å². The van der Waals surface area contributed by atoms with E-state index in [1.54, 1.807) is 0 Å². The number of carboxylic acid groups (broad SMARTS) is 2. The van der Waals surface area contributed by atoms with Crippen molar-refractivity contribution in [3.63, 3.8) is 0 Å². The van der Waals surface area contributed by atoms with Crippen LogP contribution < -0.4 is 0 Å². The van der Waals surface area contributed by atoms with Gasteiger partial charge in [-0.3, -0.25) is 0 Å². The maximum atomic E-state index is 12.4. The molecule has 0 spiro atoms. The van der Waals surface area contributed by atoms with Crippen LogP contribution in [-0.2, 0) is 19.1 Å². The minimum Gasteiger partial charge on any atom is -0.479 e. The van der Waals surface area contributed by atoms with Crippen molar-refractivity contribution in [2.24, 2.45) is 0 Å². The summed E-state index contributed by atoms with van der Waals surface area (Å²) >= 11 is 0. The molecule has 0 aromatic heterocycles. The van der Waals surface area contributed by atoms with E-state index < -0.39 is 23.1 Å². The summed E-state index contributed by atoms with van der Waals surface area (Å²) in [5.74, 6) is -2.82. The lowest BCUT2D eigenvalue weighted by molar-refractivity contribution is -0.197. The summed E-state index contributed by atoms with van der Waals surface area (Å²) in [7, 11) is 0. The molecule has 0 fully saturated rings. The maximum Gasteiger partial charge on any atom is 0.344 e. The highest BCUT2D eigenvalue weighted by molar-refractivity contribution is 5.99. The van der Waals surface area contributed by atoms with Crippen LogP contribution in [-0.4, -0.2) is 46.6 Å². The van der Waals surface area contributed by atoms with E-state index in [2.05, 4.69) is 0 Å². The van der Waals surface area contributed by atoms with Crippen molar-refractivity contribution in [2.75, 3.05) is 13.2 Å². The average Bonchev–Trinajstić information content (AvgIpc) is 3.36. The van der Waals surface area contributed by atoms with Crippen LogP contribution in [0.4, 0.5) is 0 Å². The van der Waals surface area contributed by atoms with Crippen molar-refractivity contribution in [1.29, 1.82) is 0 Å². The van der Waals surface area contributed by atoms with Gasteiger partial charge in [-0.2, -0.15) is 0 Å². The number of hydrogen-bond donors (Lipinski definition) is 2. The normalized spacial score (nSPS) is 25.7. The van der Waals surface area contributed by atoms with Gasteiger partial charge in [0.15, 0.2) is 0 Å². The molecule has 0 saturated heterocycles. The molecule has 2 heterocycles. The number of benzene rings is 2. The van der Waals surface area contributed by atoms with Gasteiger partial charge in [0.1, 0.15) is 0 Å². The first-order valence-electron chi connectivity index (χ1n) is 9.60. The molecule has 0 saturated carbocycles. The van der Waals surface area contributed by atoms with Crippen LogP contribution in [0.5, 0.6) is 0 Å². The Bertz CT molecular complexity index is 976. The number of aliphatic carboxylic acids is 2. The third-order valence-electron chi connectivity index (χ3n) is 5.70. The number of carboxylic acids is 2. The van der Waals surface area contributed by atoms with Crippen molar-refractivity contribution in [3.05, 3.63) is 82.9 Å². The molecule has 154 valence electrons. The number of ether oxygens (including phenoxy) is 2. The summed E-state index contributed by atoms with van der Waals surface area (Å²) in [5.41, 5.74) is 0.563. The van der Waals surface area contributed by atoms with E-state index in [1.807, 2.05) is 62.4 Å². The maximum absolute atomic E-state index is 12.4. The highest BCUT2D eigenvalue weighted by Crippen LogP contribution is 2.45. The zero-order valence-corrected chi connectivity index (χ0v) is 16.7. The van der Waals surface area contributed by atoms with Crippen molar-refractivity contribution < 1.29 is 29.3 Å². The first-order chi connectivity index (χ1) is 14.3. The van der Waals surface area contributed by atoms with Gasteiger partial charge in [0.25, 0.3) is 0 Å². The molecule has 2 aromatic carbocycles. The molecule has 2 aromatic rings. The van der Waals surface area contributed by atoms with Gasteiger partial charge in [0.05, 0.1) is 13.2 Å². The molecule has 2 atom stereocenters. The largest absolute Gasteiger partial charge is 0.479 e. The molecule has 6 nitrogen and oxygen atoms in total. The van der Waals surface area contributed by atoms with Gasteiger partial charge in [-0.15, -0.1) is 0 Å². The van der Waals surface area contributed by atoms with E-state index in [-0.39, 0.29) is 13.2 Å². The number of carbonyl (C=O) groups is 2. The average molecular weight is 406 g/mol. The van der Waals surface area contributed by atoms with E-state index in [0.29, 0.717) is 11.1 Å². The molecular weight excluding hydrogens is 384 g/mol. The lowest BCUT2D eigenvalue weighted by Crippen LogP contribution is -2.62. The Morgan fingerprint density at radius 1 is 0.700 bits per heavy atom. The number of aryl methyl sites for hydroxylation is 2. The fourth-order valence-corrected chi connectivity index (χ4v) is 3.90. The van der Waals surface area contributed by atoms with Gasteiger partial charge in [-0.25, -0.2) is 9.59 Å². The first-order valence-corrected chi connectivity index (χ1v) is 9.60. The van der Waals surface area contributed by atoms with E-state index in [9.17, 15) is 19.8 Å². The minimum atomic E-state index is -2.18. The molecule has 4 rings (SSSR count). The Morgan fingerprint density at radius 2 is 1.03 bits per heavy atom. The highest BCUT2D eigenvalue weighted by atomic mass is 16.6. The number of rotatable bonds is 5. The van der Waals surface area contributed by atoms with Gasteiger partial charge in [0.2, 0.25) is 11.2 Å². The summed E-state index contributed by atoms with van der Waals surface area (Å²) in [6.45, 7) is 3.85. The van der Waals surface area contributed by atoms with E-state index in [0.717, 1.165) is 22.3 Å². The van der Waals surface area contributed by atoms with Crippen LogP contribution in [0.25, 0.3) is 11.1 Å². The molecule has 0 radical (unpaired) electrons. The quantitative estimate of drug-likeness (QED) is 0.790. The number of hydrogen-bond acceptors (Lipinski definition) is 4. The zero-order valence-electron chi connectivity index (χ0n) is 16.7. The summed E-state index contributed by atoms with van der Waals surface area (Å²) in [5, 5.41) is 20.2. The van der Waals surface area contributed by atoms with Crippen LogP contribution in [0.3, 0.4) is 0 Å². The fourth-order valence-electron chi connectivity index (χ4n) is 3.90. The molecule has 6 heteroatoms. The van der Waals surface area contributed by atoms with Crippen LogP contribution in [0, 0.1) is 13.8 Å². The summed E-state index contributed by atoms with van der Waals surface area (Å²) in [6.07, 6.45) is 2.76. The third kappa shape index (κ3) is 3.05. The summed E-state index contributed by atoms with van der Waals surface area (Å²) in [4.78, 5) is 24.8. The lowest BCUT2D eigenvalue weighted by atomic mass is 9.80. The third-order valence-corrected chi connectivity index (χ3v) is 5.70. The molecular formula is C24H22O6. The Hall–Kier alpha value is -3.22. The van der Waals surface area contributed by atoms with Gasteiger partial charge in [-0.1, -0.05) is 59.7 Å². The topological polar surface area (TPSA) is 93.1 Å². The van der Waals surface area contributed by atoms with Crippen molar-refractivity contribution in [1.82, 2.24) is 0 Å². The summed E-state index contributed by atoms with van der Waals surface area (Å²) < 4.78 is 11.4. The van der Waals surface area contributed by atoms with Crippen LogP contribution >= 0.6 is 0 Å². The molecule has 0 bridgehead atoms. The second-order valence-corrected chi connectivity index (χ2v) is 7.73. The van der Waals surface area contributed by atoms with Gasteiger partial charge < -0.3 is 19.7 Å². The lowest BCUT2D eigenvalue weighted by Gasteiger charge is -2.35. The smallest absolute Gasteiger partial charge is 0.344 e. The van der Waals surface area contributed by atoms with Gasteiger partial charge >= 0.3 is 11.9 Å². The molecule has 0 aliphatic carbocycles. The minimum absolute atomic E-state index is 0.0263. The second-order valence-electron chi connectivity index (χ2n) is 7.73. The zero-order chi connectivity index (χ0) is 21.5. The SMILES string of the molecule is Cc1ccc(C2=CC(C(=O)O)(C3(C(=O)O)C=C(c4ccc(C)cc4)CO3)OC2)cc1. The Labute approximate surface area is 174 Å². The highest BCUT2D eigenvalue weighted by Gasteiger charge is 2.66. The van der Waals surface area contributed by atoms with Crippen LogP contribution in [0.15, 0.2) is 60.7 Å². The van der Waals surface area contributed by atoms with E-state index in [1.165, 1.54) is 12.2 Å². The molecule has 30 heavy (non-hydrogen) atoms. The second kappa shape index (κ2) is 7.23. The monoisotopic (exact) mass is 406 g/mol. The van der Waals surface area contributed by atoms with Crippen molar-refractivity contribution in [2.45, 2.75) is 25.0 Å². The molecule has 2 aliphatic rings. The molecule has 2 unspecified atom stereocenters. The summed E-state index contributed by atoms with van der Waals surface area (Å²) in [6, 6.07) is 15.1. The van der Waals surface area contributed by atoms with Gasteiger partial charge in [-0.05, 0) is 48.3 Å². The predicted molar refractivity (Wildman–Crippen MR) is 111 cm³/mol. The predicted octanol–water partition coefficient (Wildman–Crippen LogP) is 3.48. The molecule has 0 amide bonds. The van der Waals surface area contributed by atoms with Crippen molar-refractivity contribution >= 4 is 23.1 Å².